The number of halogens is 4. The Hall–Kier alpha value is -3.76. The number of rotatable bonds is 9. The maximum absolute atomic E-state index is 13.0. The van der Waals surface area contributed by atoms with Crippen LogP contribution in [0.4, 0.5) is 28.9 Å². The molecular weight excluding hydrogens is 484 g/mol. The fraction of sp³-hybridized carbons (Fsp3) is 0.360. The van der Waals surface area contributed by atoms with Crippen LogP contribution >= 0.6 is 0 Å². The Balaban J connectivity index is 2.09. The minimum atomic E-state index is -3.27. The molecule has 1 heterocycles. The SMILES string of the molecule is Cc1onc(CN(c2cccc(C(=O)OC(C)(C)C)c2)c2ccc(OC(F)F)c(OC(F)F)c2)c1C. The number of alkyl halides is 4. The first-order valence-electron chi connectivity index (χ1n) is 10.9. The van der Waals surface area contributed by atoms with Crippen molar-refractivity contribution in [3.05, 3.63) is 65.0 Å². The molecule has 1 aromatic heterocycles. The molecule has 194 valence electrons. The average Bonchev–Trinajstić information content (AvgIpc) is 3.09. The number of esters is 1. The highest BCUT2D eigenvalue weighted by atomic mass is 19.3. The fourth-order valence-corrected chi connectivity index (χ4v) is 3.28. The van der Waals surface area contributed by atoms with Gasteiger partial charge in [-0.3, -0.25) is 0 Å². The molecule has 0 bridgehead atoms. The molecular formula is C25H26F4N2O5. The van der Waals surface area contributed by atoms with Crippen molar-refractivity contribution in [2.75, 3.05) is 4.90 Å². The van der Waals surface area contributed by atoms with Gasteiger partial charge in [0.25, 0.3) is 0 Å². The molecule has 3 rings (SSSR count). The second kappa shape index (κ2) is 10.9. The fourth-order valence-electron chi connectivity index (χ4n) is 3.28. The number of aryl methyl sites for hydroxylation is 1. The van der Waals surface area contributed by atoms with Crippen molar-refractivity contribution in [3.63, 3.8) is 0 Å². The van der Waals surface area contributed by atoms with Gasteiger partial charge < -0.3 is 23.6 Å². The summed E-state index contributed by atoms with van der Waals surface area (Å²) < 4.78 is 71.1. The lowest BCUT2D eigenvalue weighted by Gasteiger charge is -2.26. The normalized spacial score (nSPS) is 11.6. The number of nitrogens with zero attached hydrogens (tertiary/aromatic N) is 2. The predicted octanol–water partition coefficient (Wildman–Crippen LogP) is 6.79. The second-order valence-electron chi connectivity index (χ2n) is 8.84. The van der Waals surface area contributed by atoms with Crippen molar-refractivity contribution in [1.82, 2.24) is 5.16 Å². The van der Waals surface area contributed by atoms with Crippen LogP contribution < -0.4 is 14.4 Å². The molecule has 0 aliphatic heterocycles. The highest BCUT2D eigenvalue weighted by Crippen LogP contribution is 2.38. The van der Waals surface area contributed by atoms with E-state index < -0.39 is 36.3 Å². The van der Waals surface area contributed by atoms with Crippen molar-refractivity contribution in [3.8, 4) is 11.5 Å². The molecule has 7 nitrogen and oxygen atoms in total. The Morgan fingerprint density at radius 3 is 2.19 bits per heavy atom. The maximum atomic E-state index is 13.0. The summed E-state index contributed by atoms with van der Waals surface area (Å²) in [5.41, 5.74) is 1.61. The Morgan fingerprint density at radius 2 is 1.61 bits per heavy atom. The van der Waals surface area contributed by atoms with E-state index in [1.54, 1.807) is 63.8 Å². The Bertz CT molecular complexity index is 1210. The first kappa shape index (κ1) is 26.8. The number of aromatic nitrogens is 1. The van der Waals surface area contributed by atoms with Gasteiger partial charge in [-0.25, -0.2) is 4.79 Å². The van der Waals surface area contributed by atoms with E-state index in [1.807, 2.05) is 0 Å². The van der Waals surface area contributed by atoms with E-state index in [4.69, 9.17) is 9.26 Å². The van der Waals surface area contributed by atoms with Gasteiger partial charge in [0.05, 0.1) is 12.1 Å². The number of carbonyl (C=O) groups is 1. The summed E-state index contributed by atoms with van der Waals surface area (Å²) in [4.78, 5) is 14.3. The van der Waals surface area contributed by atoms with Gasteiger partial charge in [0, 0.05) is 23.0 Å². The summed E-state index contributed by atoms with van der Waals surface area (Å²) in [5.74, 6) is -1.09. The third-order valence-corrected chi connectivity index (χ3v) is 5.03. The van der Waals surface area contributed by atoms with Crippen LogP contribution in [0.15, 0.2) is 47.0 Å². The number of ether oxygens (including phenoxy) is 3. The average molecular weight is 510 g/mol. The molecule has 11 heteroatoms. The summed E-state index contributed by atoms with van der Waals surface area (Å²) in [5, 5.41) is 4.06. The van der Waals surface area contributed by atoms with Crippen molar-refractivity contribution in [2.45, 2.75) is 60.0 Å². The monoisotopic (exact) mass is 510 g/mol. The molecule has 0 aliphatic rings. The van der Waals surface area contributed by atoms with Crippen LogP contribution in [0.25, 0.3) is 0 Å². The lowest BCUT2D eigenvalue weighted by Crippen LogP contribution is -2.24. The van der Waals surface area contributed by atoms with Crippen LogP contribution in [0.1, 0.15) is 48.1 Å². The van der Waals surface area contributed by atoms with Crippen LogP contribution in [-0.4, -0.2) is 30.0 Å². The van der Waals surface area contributed by atoms with Gasteiger partial charge in [-0.1, -0.05) is 11.2 Å². The second-order valence-corrected chi connectivity index (χ2v) is 8.84. The largest absolute Gasteiger partial charge is 0.456 e. The van der Waals surface area contributed by atoms with Crippen molar-refractivity contribution in [1.29, 1.82) is 0 Å². The number of carbonyl (C=O) groups excluding carboxylic acids is 1. The zero-order valence-electron chi connectivity index (χ0n) is 20.4. The third-order valence-electron chi connectivity index (χ3n) is 5.03. The van der Waals surface area contributed by atoms with Crippen molar-refractivity contribution < 1.29 is 41.1 Å². The van der Waals surface area contributed by atoms with E-state index in [0.29, 0.717) is 17.1 Å². The van der Waals surface area contributed by atoms with Gasteiger partial charge in [-0.2, -0.15) is 17.6 Å². The number of hydrogen-bond acceptors (Lipinski definition) is 7. The van der Waals surface area contributed by atoms with E-state index in [-0.39, 0.29) is 17.8 Å². The molecule has 2 aromatic carbocycles. The van der Waals surface area contributed by atoms with Crippen molar-refractivity contribution in [2.24, 2.45) is 0 Å². The number of anilines is 2. The van der Waals surface area contributed by atoms with Crippen LogP contribution in [0.5, 0.6) is 11.5 Å². The van der Waals surface area contributed by atoms with Gasteiger partial charge in [0.1, 0.15) is 17.1 Å². The molecule has 0 fully saturated rings. The molecule has 0 atom stereocenters. The zero-order chi connectivity index (χ0) is 26.6. The third kappa shape index (κ3) is 6.89. The molecule has 36 heavy (non-hydrogen) atoms. The zero-order valence-corrected chi connectivity index (χ0v) is 20.4. The standard InChI is InChI=1S/C25H26F4N2O5/c1-14-15(2)36-30-19(14)13-31(17-8-6-7-16(11-17)22(32)35-25(3,4)5)18-9-10-20(33-23(26)27)21(12-18)34-24(28)29/h6-12,23-24H,13H2,1-5H3. The van der Waals surface area contributed by atoms with Gasteiger partial charge in [0.2, 0.25) is 0 Å². The summed E-state index contributed by atoms with van der Waals surface area (Å²) in [6.45, 7) is 2.36. The minimum absolute atomic E-state index is 0.101. The molecule has 0 amide bonds. The van der Waals surface area contributed by atoms with Gasteiger partial charge in [-0.05, 0) is 65.0 Å². The summed E-state index contributed by atoms with van der Waals surface area (Å²) in [6, 6.07) is 10.1. The van der Waals surface area contributed by atoms with E-state index in [9.17, 15) is 22.4 Å². The first-order chi connectivity index (χ1) is 16.8. The van der Waals surface area contributed by atoms with Gasteiger partial charge in [-0.15, -0.1) is 0 Å². The number of hydrogen-bond donors (Lipinski definition) is 0. The van der Waals surface area contributed by atoms with Crippen LogP contribution in [0.3, 0.4) is 0 Å². The Kier molecular flexibility index (Phi) is 8.11. The summed E-state index contributed by atoms with van der Waals surface area (Å²) in [6.07, 6.45) is 0. The molecule has 3 aromatic rings. The Labute approximate surface area is 205 Å². The minimum Gasteiger partial charge on any atom is -0.456 e. The lowest BCUT2D eigenvalue weighted by molar-refractivity contribution is -0.0692. The van der Waals surface area contributed by atoms with Gasteiger partial charge in [0.15, 0.2) is 11.5 Å². The topological polar surface area (TPSA) is 74.0 Å². The quantitative estimate of drug-likeness (QED) is 0.232. The van der Waals surface area contributed by atoms with Crippen molar-refractivity contribution >= 4 is 17.3 Å². The van der Waals surface area contributed by atoms with Crippen LogP contribution in [0.2, 0.25) is 0 Å². The van der Waals surface area contributed by atoms with E-state index >= 15 is 0 Å². The molecule has 0 radical (unpaired) electrons. The molecule has 0 N–H and O–H groups in total. The lowest BCUT2D eigenvalue weighted by atomic mass is 10.1. The molecule has 0 spiro atoms. The van der Waals surface area contributed by atoms with E-state index in [0.717, 1.165) is 17.7 Å². The molecule has 0 unspecified atom stereocenters. The number of benzene rings is 2. The van der Waals surface area contributed by atoms with Crippen LogP contribution in [-0.2, 0) is 11.3 Å². The highest BCUT2D eigenvalue weighted by molar-refractivity contribution is 5.91. The summed E-state index contributed by atoms with van der Waals surface area (Å²) >= 11 is 0. The van der Waals surface area contributed by atoms with E-state index in [2.05, 4.69) is 14.6 Å². The summed E-state index contributed by atoms with van der Waals surface area (Å²) in [7, 11) is 0. The van der Waals surface area contributed by atoms with Crippen LogP contribution in [0, 0.1) is 13.8 Å². The Morgan fingerprint density at radius 1 is 0.972 bits per heavy atom. The van der Waals surface area contributed by atoms with E-state index in [1.165, 1.54) is 6.07 Å². The smallest absolute Gasteiger partial charge is 0.387 e. The maximum Gasteiger partial charge on any atom is 0.387 e. The molecule has 0 saturated carbocycles. The first-order valence-corrected chi connectivity index (χ1v) is 10.9. The molecule has 0 aliphatic carbocycles. The van der Waals surface area contributed by atoms with Gasteiger partial charge >= 0.3 is 19.2 Å². The highest BCUT2D eigenvalue weighted by Gasteiger charge is 2.23. The predicted molar refractivity (Wildman–Crippen MR) is 123 cm³/mol. The molecule has 0 saturated heterocycles.